The normalized spacial score (nSPS) is 46.3. The van der Waals surface area contributed by atoms with Gasteiger partial charge in [-0.25, -0.2) is 0 Å². The zero-order valence-corrected chi connectivity index (χ0v) is 15.4. The Kier molecular flexibility index (Phi) is 4.46. The Morgan fingerprint density at radius 1 is 0.923 bits per heavy atom. The molecule has 0 heterocycles. The van der Waals surface area contributed by atoms with Crippen LogP contribution in [0.1, 0.15) is 57.8 Å². The van der Waals surface area contributed by atoms with Crippen LogP contribution in [-0.2, 0) is 23.8 Å². The maximum atomic E-state index is 12.7. The van der Waals surface area contributed by atoms with Crippen molar-refractivity contribution in [3.8, 4) is 0 Å². The molecule has 0 aromatic rings. The highest BCUT2D eigenvalue weighted by molar-refractivity contribution is 5.73. The van der Waals surface area contributed by atoms with Crippen molar-refractivity contribution < 1.29 is 23.8 Å². The molecule has 8 unspecified atom stereocenters. The quantitative estimate of drug-likeness (QED) is 0.314. The van der Waals surface area contributed by atoms with Gasteiger partial charge < -0.3 is 14.2 Å². The number of hydrogen-bond acceptors (Lipinski definition) is 5. The molecule has 0 aromatic carbocycles. The number of carbonyl (C=O) groups excluding carboxylic acids is 2. The molecule has 5 fully saturated rings. The van der Waals surface area contributed by atoms with E-state index in [1.807, 2.05) is 0 Å². The summed E-state index contributed by atoms with van der Waals surface area (Å²) in [7, 11) is 0. The lowest BCUT2D eigenvalue weighted by atomic mass is 9.67. The summed E-state index contributed by atoms with van der Waals surface area (Å²) >= 11 is 0. The van der Waals surface area contributed by atoms with E-state index in [9.17, 15) is 9.59 Å². The highest BCUT2D eigenvalue weighted by Gasteiger charge is 2.66. The second-order valence-electron chi connectivity index (χ2n) is 9.33. The van der Waals surface area contributed by atoms with Crippen LogP contribution in [0, 0.1) is 41.4 Å². The molecule has 4 bridgehead atoms. The first-order chi connectivity index (χ1) is 12.8. The van der Waals surface area contributed by atoms with Crippen molar-refractivity contribution in [3.05, 3.63) is 0 Å². The fraction of sp³-hybridized carbons (Fsp3) is 0.905. The van der Waals surface area contributed by atoms with Crippen molar-refractivity contribution in [1.29, 1.82) is 0 Å². The van der Waals surface area contributed by atoms with Crippen LogP contribution in [0.25, 0.3) is 0 Å². The summed E-state index contributed by atoms with van der Waals surface area (Å²) in [5.74, 6) is 3.59. The van der Waals surface area contributed by atoms with E-state index in [1.54, 1.807) is 0 Å². The van der Waals surface area contributed by atoms with Gasteiger partial charge in [0.15, 0.2) is 6.79 Å². The number of esters is 1. The second kappa shape index (κ2) is 6.81. The molecule has 26 heavy (non-hydrogen) atoms. The third-order valence-corrected chi connectivity index (χ3v) is 8.35. The molecule has 0 spiro atoms. The van der Waals surface area contributed by atoms with E-state index in [-0.39, 0.29) is 30.9 Å². The Balaban J connectivity index is 1.17. The molecule has 0 N–H and O–H groups in total. The van der Waals surface area contributed by atoms with Crippen molar-refractivity contribution in [3.63, 3.8) is 0 Å². The summed E-state index contributed by atoms with van der Waals surface area (Å²) in [6.45, 7) is 0.732. The van der Waals surface area contributed by atoms with Crippen LogP contribution in [-0.4, -0.2) is 31.4 Å². The fourth-order valence-electron chi connectivity index (χ4n) is 7.57. The minimum absolute atomic E-state index is 0.0347. The number of ether oxygens (including phenoxy) is 3. The number of fused-ring (bicyclic) bond motifs is 9. The first-order valence-corrected chi connectivity index (χ1v) is 10.6. The van der Waals surface area contributed by atoms with Gasteiger partial charge in [0.2, 0.25) is 0 Å². The molecule has 5 heteroatoms. The van der Waals surface area contributed by atoms with Crippen molar-refractivity contribution in [2.75, 3.05) is 6.79 Å². The maximum absolute atomic E-state index is 12.7. The molecule has 5 aliphatic carbocycles. The van der Waals surface area contributed by atoms with Crippen LogP contribution in [0.15, 0.2) is 0 Å². The van der Waals surface area contributed by atoms with Gasteiger partial charge in [-0.1, -0.05) is 19.3 Å². The number of hydrogen-bond donors (Lipinski definition) is 0. The molecule has 0 aromatic heterocycles. The van der Waals surface area contributed by atoms with Crippen LogP contribution in [0.3, 0.4) is 0 Å². The van der Waals surface area contributed by atoms with Gasteiger partial charge in [0.05, 0.1) is 12.0 Å². The van der Waals surface area contributed by atoms with Gasteiger partial charge in [0.25, 0.3) is 6.47 Å². The van der Waals surface area contributed by atoms with Gasteiger partial charge in [0, 0.05) is 0 Å². The summed E-state index contributed by atoms with van der Waals surface area (Å²) in [6, 6.07) is 0. The van der Waals surface area contributed by atoms with Gasteiger partial charge >= 0.3 is 5.97 Å². The van der Waals surface area contributed by atoms with E-state index in [0.717, 1.165) is 31.6 Å². The van der Waals surface area contributed by atoms with Crippen molar-refractivity contribution in [2.24, 2.45) is 41.4 Å². The summed E-state index contributed by atoms with van der Waals surface area (Å²) < 4.78 is 16.7. The number of carbonyl (C=O) groups is 2. The van der Waals surface area contributed by atoms with E-state index in [4.69, 9.17) is 14.2 Å². The summed E-state index contributed by atoms with van der Waals surface area (Å²) in [5.41, 5.74) is 0. The van der Waals surface area contributed by atoms with Gasteiger partial charge in [-0.3, -0.25) is 9.59 Å². The molecule has 0 saturated heterocycles. The lowest BCUT2D eigenvalue weighted by molar-refractivity contribution is -0.171. The second-order valence-corrected chi connectivity index (χ2v) is 9.33. The minimum atomic E-state index is -0.0533. The molecule has 5 saturated carbocycles. The lowest BCUT2D eigenvalue weighted by Gasteiger charge is -2.40. The standard InChI is InChI=1S/C21H30O5/c22-10-24-18-9-13-8-17(18)20-15-6-12(19(13)20)7-16(15)21(23)26-11-25-14-4-2-1-3-5-14/h10,12-20H,1-9,11H2. The maximum Gasteiger partial charge on any atom is 0.311 e. The summed E-state index contributed by atoms with van der Waals surface area (Å²) in [5, 5.41) is 0. The lowest BCUT2D eigenvalue weighted by Crippen LogP contribution is -2.41. The predicted molar refractivity (Wildman–Crippen MR) is 92.8 cm³/mol. The van der Waals surface area contributed by atoms with E-state index >= 15 is 0 Å². The third kappa shape index (κ3) is 2.69. The molecule has 5 aliphatic rings. The highest BCUT2D eigenvalue weighted by Crippen LogP contribution is 2.69. The minimum Gasteiger partial charge on any atom is -0.464 e. The molecule has 0 radical (unpaired) electrons. The Morgan fingerprint density at radius 3 is 2.50 bits per heavy atom. The van der Waals surface area contributed by atoms with Gasteiger partial charge in [-0.15, -0.1) is 0 Å². The molecule has 5 rings (SSSR count). The Labute approximate surface area is 155 Å². The Morgan fingerprint density at radius 2 is 1.69 bits per heavy atom. The SMILES string of the molecule is O=COC1CC2CC1C1C3CC(CC3C(=O)OCOC3CCCCC3)C21. The highest BCUT2D eigenvalue weighted by atomic mass is 16.7. The molecule has 144 valence electrons. The van der Waals surface area contributed by atoms with Crippen LogP contribution >= 0.6 is 0 Å². The molecule has 5 nitrogen and oxygen atoms in total. The van der Waals surface area contributed by atoms with Crippen molar-refractivity contribution >= 4 is 12.4 Å². The van der Waals surface area contributed by atoms with E-state index < -0.39 is 0 Å². The monoisotopic (exact) mass is 362 g/mol. The predicted octanol–water partition coefficient (Wildman–Crippen LogP) is 3.31. The van der Waals surface area contributed by atoms with Crippen molar-refractivity contribution in [2.45, 2.75) is 70.0 Å². The van der Waals surface area contributed by atoms with Crippen molar-refractivity contribution in [1.82, 2.24) is 0 Å². The smallest absolute Gasteiger partial charge is 0.311 e. The summed E-state index contributed by atoms with van der Waals surface area (Å²) in [4.78, 5) is 23.5. The van der Waals surface area contributed by atoms with E-state index in [0.29, 0.717) is 36.1 Å². The first-order valence-electron chi connectivity index (χ1n) is 10.6. The van der Waals surface area contributed by atoms with Crippen LogP contribution < -0.4 is 0 Å². The van der Waals surface area contributed by atoms with E-state index in [1.165, 1.54) is 32.1 Å². The van der Waals surface area contributed by atoms with Crippen LogP contribution in [0.2, 0.25) is 0 Å². The topological polar surface area (TPSA) is 61.8 Å². The first kappa shape index (κ1) is 17.0. The summed E-state index contributed by atoms with van der Waals surface area (Å²) in [6.07, 6.45) is 10.7. The molecule has 8 atom stereocenters. The molecule has 0 amide bonds. The largest absolute Gasteiger partial charge is 0.464 e. The fourth-order valence-corrected chi connectivity index (χ4v) is 7.57. The Bertz CT molecular complexity index is 557. The molecular formula is C21H30O5. The molecule has 0 aliphatic heterocycles. The third-order valence-electron chi connectivity index (χ3n) is 8.35. The Hall–Kier alpha value is -1.10. The van der Waals surface area contributed by atoms with Gasteiger partial charge in [-0.05, 0) is 74.0 Å². The number of rotatable bonds is 6. The van der Waals surface area contributed by atoms with Crippen LogP contribution in [0.4, 0.5) is 0 Å². The van der Waals surface area contributed by atoms with E-state index in [2.05, 4.69) is 0 Å². The zero-order chi connectivity index (χ0) is 17.7. The zero-order valence-electron chi connectivity index (χ0n) is 15.4. The van der Waals surface area contributed by atoms with Gasteiger partial charge in [0.1, 0.15) is 6.10 Å². The average molecular weight is 362 g/mol. The molecular weight excluding hydrogens is 332 g/mol. The average Bonchev–Trinajstić information content (AvgIpc) is 3.41. The van der Waals surface area contributed by atoms with Gasteiger partial charge in [-0.2, -0.15) is 0 Å². The van der Waals surface area contributed by atoms with Crippen LogP contribution in [0.5, 0.6) is 0 Å².